The lowest BCUT2D eigenvalue weighted by molar-refractivity contribution is 0.0180. The second-order valence-electron chi connectivity index (χ2n) is 9.80. The number of aromatic nitrogens is 3. The van der Waals surface area contributed by atoms with Gasteiger partial charge in [0.25, 0.3) is 0 Å². The van der Waals surface area contributed by atoms with Gasteiger partial charge in [0.05, 0.1) is 5.69 Å². The summed E-state index contributed by atoms with van der Waals surface area (Å²) in [5.74, 6) is 1.80. The van der Waals surface area contributed by atoms with Crippen LogP contribution in [0.3, 0.4) is 0 Å². The molecule has 1 aliphatic heterocycles. The Kier molecular flexibility index (Phi) is 6.44. The summed E-state index contributed by atoms with van der Waals surface area (Å²) < 4.78 is 7.35. The monoisotopic (exact) mass is 451 g/mol. The zero-order chi connectivity index (χ0) is 23.6. The van der Waals surface area contributed by atoms with Crippen LogP contribution in [-0.2, 0) is 11.2 Å². The number of carbonyl (C=O) groups is 1. The molecule has 0 saturated carbocycles. The number of aromatic hydroxyl groups is 1. The summed E-state index contributed by atoms with van der Waals surface area (Å²) in [4.78, 5) is 23.0. The average molecular weight is 452 g/mol. The Morgan fingerprint density at radius 2 is 1.91 bits per heavy atom. The molecule has 1 saturated heterocycles. The molecule has 0 atom stereocenters. The Balaban J connectivity index is 1.32. The summed E-state index contributed by atoms with van der Waals surface area (Å²) in [6.07, 6.45) is 8.57. The number of nitrogens with two attached hydrogens (primary N) is 1. The molecule has 33 heavy (non-hydrogen) atoms. The summed E-state index contributed by atoms with van der Waals surface area (Å²) >= 11 is 0. The van der Waals surface area contributed by atoms with E-state index in [9.17, 15) is 9.90 Å². The molecule has 1 fully saturated rings. The standard InChI is InChI=1S/C25H33N5O3/c1-25(2,3)33-24(32)29-13-11-17(12-14-29)7-6-8-18-15-30-16-20(27-23(30)28-22(18)26)19-9-4-5-10-21(19)31/h4-5,9-10,15-17,31H,6-8,11-14H2,1-3H3,(H2,26,27,28). The number of hydrogen-bond acceptors (Lipinski definition) is 6. The van der Waals surface area contributed by atoms with Crippen LogP contribution in [0.5, 0.6) is 5.75 Å². The molecule has 1 amide bonds. The van der Waals surface area contributed by atoms with Gasteiger partial charge in [-0.3, -0.25) is 4.40 Å². The van der Waals surface area contributed by atoms with Crippen molar-refractivity contribution in [1.82, 2.24) is 19.3 Å². The van der Waals surface area contributed by atoms with Crippen molar-refractivity contribution in [3.8, 4) is 17.0 Å². The molecule has 2 aromatic heterocycles. The number of anilines is 1. The number of fused-ring (bicyclic) bond motifs is 1. The maximum atomic E-state index is 12.2. The Morgan fingerprint density at radius 1 is 1.18 bits per heavy atom. The topological polar surface area (TPSA) is 106 Å². The second-order valence-corrected chi connectivity index (χ2v) is 9.80. The number of aryl methyl sites for hydroxylation is 1. The van der Waals surface area contributed by atoms with Gasteiger partial charge in [0.15, 0.2) is 0 Å². The molecule has 0 unspecified atom stereocenters. The number of likely N-dealkylation sites (tertiary alicyclic amines) is 1. The van der Waals surface area contributed by atoms with E-state index in [1.54, 1.807) is 12.1 Å². The van der Waals surface area contributed by atoms with Crippen LogP contribution in [0.1, 0.15) is 52.0 Å². The van der Waals surface area contributed by atoms with Gasteiger partial charge in [-0.1, -0.05) is 12.1 Å². The minimum absolute atomic E-state index is 0.187. The van der Waals surface area contributed by atoms with Crippen LogP contribution < -0.4 is 5.73 Å². The molecule has 1 aliphatic rings. The molecule has 0 bridgehead atoms. The molecule has 0 spiro atoms. The highest BCUT2D eigenvalue weighted by molar-refractivity contribution is 5.69. The van der Waals surface area contributed by atoms with Crippen molar-refractivity contribution in [1.29, 1.82) is 0 Å². The van der Waals surface area contributed by atoms with Gasteiger partial charge in [0.2, 0.25) is 5.78 Å². The molecule has 176 valence electrons. The lowest BCUT2D eigenvalue weighted by Gasteiger charge is -2.33. The molecular formula is C25H33N5O3. The Bertz CT molecular complexity index is 1130. The normalized spacial score (nSPS) is 15.2. The quantitative estimate of drug-likeness (QED) is 0.585. The number of imidazole rings is 1. The summed E-state index contributed by atoms with van der Waals surface area (Å²) in [6, 6.07) is 7.12. The number of phenols is 1. The summed E-state index contributed by atoms with van der Waals surface area (Å²) in [7, 11) is 0. The van der Waals surface area contributed by atoms with E-state index in [1.807, 2.05) is 54.6 Å². The molecule has 3 aromatic rings. The highest BCUT2D eigenvalue weighted by Crippen LogP contribution is 2.29. The first-order valence-corrected chi connectivity index (χ1v) is 11.6. The van der Waals surface area contributed by atoms with E-state index in [4.69, 9.17) is 10.5 Å². The molecule has 1 aromatic carbocycles. The number of benzene rings is 1. The third-order valence-corrected chi connectivity index (χ3v) is 6.06. The zero-order valence-electron chi connectivity index (χ0n) is 19.6. The van der Waals surface area contributed by atoms with Gasteiger partial charge < -0.3 is 20.5 Å². The van der Waals surface area contributed by atoms with E-state index in [0.717, 1.165) is 50.8 Å². The number of hydrogen-bond donors (Lipinski definition) is 2. The van der Waals surface area contributed by atoms with Crippen LogP contribution in [0.25, 0.3) is 17.0 Å². The van der Waals surface area contributed by atoms with Crippen molar-refractivity contribution in [3.63, 3.8) is 0 Å². The van der Waals surface area contributed by atoms with Crippen LogP contribution in [0.4, 0.5) is 10.6 Å². The number of piperidine rings is 1. The SMILES string of the molecule is CC(C)(C)OC(=O)N1CCC(CCCc2cn3cc(-c4ccccc4O)nc3nc2N)CC1. The fraction of sp³-hybridized carbons (Fsp3) is 0.480. The van der Waals surface area contributed by atoms with E-state index in [1.165, 1.54) is 0 Å². The van der Waals surface area contributed by atoms with Crippen molar-refractivity contribution in [3.05, 3.63) is 42.2 Å². The Labute approximate surface area is 194 Å². The number of ether oxygens (including phenoxy) is 1. The number of nitrogens with zero attached hydrogens (tertiary/aromatic N) is 4. The molecule has 0 aliphatic carbocycles. The van der Waals surface area contributed by atoms with E-state index in [2.05, 4.69) is 9.97 Å². The predicted octanol–water partition coefficient (Wildman–Crippen LogP) is 4.65. The first kappa shape index (κ1) is 22.9. The van der Waals surface area contributed by atoms with Gasteiger partial charge in [-0.2, -0.15) is 4.98 Å². The zero-order valence-corrected chi connectivity index (χ0v) is 19.6. The van der Waals surface area contributed by atoms with Crippen LogP contribution in [0.2, 0.25) is 0 Å². The number of para-hydroxylation sites is 1. The van der Waals surface area contributed by atoms with Crippen molar-refractivity contribution >= 4 is 17.7 Å². The minimum atomic E-state index is -0.458. The third kappa shape index (κ3) is 5.56. The fourth-order valence-electron chi connectivity index (χ4n) is 4.30. The lowest BCUT2D eigenvalue weighted by Crippen LogP contribution is -2.41. The smallest absolute Gasteiger partial charge is 0.410 e. The molecule has 3 N–H and O–H groups in total. The Morgan fingerprint density at radius 3 is 2.61 bits per heavy atom. The van der Waals surface area contributed by atoms with Gasteiger partial charge in [0, 0.05) is 36.6 Å². The van der Waals surface area contributed by atoms with E-state index in [0.29, 0.717) is 28.8 Å². The number of phenolic OH excluding ortho intramolecular Hbond substituents is 1. The van der Waals surface area contributed by atoms with Gasteiger partial charge >= 0.3 is 6.09 Å². The summed E-state index contributed by atoms with van der Waals surface area (Å²) in [5.41, 5.74) is 8.08. The van der Waals surface area contributed by atoms with Crippen molar-refractivity contribution in [2.24, 2.45) is 5.92 Å². The third-order valence-electron chi connectivity index (χ3n) is 6.06. The fourth-order valence-corrected chi connectivity index (χ4v) is 4.30. The largest absolute Gasteiger partial charge is 0.507 e. The van der Waals surface area contributed by atoms with Crippen molar-refractivity contribution < 1.29 is 14.6 Å². The van der Waals surface area contributed by atoms with Crippen LogP contribution >= 0.6 is 0 Å². The molecular weight excluding hydrogens is 418 g/mol. The van der Waals surface area contributed by atoms with Crippen LogP contribution in [0.15, 0.2) is 36.7 Å². The molecule has 0 radical (unpaired) electrons. The van der Waals surface area contributed by atoms with Crippen LogP contribution in [-0.4, -0.2) is 49.2 Å². The van der Waals surface area contributed by atoms with Crippen LogP contribution in [0, 0.1) is 5.92 Å². The van der Waals surface area contributed by atoms with E-state index in [-0.39, 0.29) is 11.8 Å². The molecule has 8 nitrogen and oxygen atoms in total. The average Bonchev–Trinajstić information content (AvgIpc) is 3.16. The highest BCUT2D eigenvalue weighted by Gasteiger charge is 2.26. The number of rotatable bonds is 5. The maximum Gasteiger partial charge on any atom is 0.410 e. The predicted molar refractivity (Wildman–Crippen MR) is 128 cm³/mol. The highest BCUT2D eigenvalue weighted by atomic mass is 16.6. The van der Waals surface area contributed by atoms with Crippen molar-refractivity contribution in [2.45, 2.75) is 58.5 Å². The second kappa shape index (κ2) is 9.29. The first-order valence-electron chi connectivity index (χ1n) is 11.6. The molecule has 4 rings (SSSR count). The lowest BCUT2D eigenvalue weighted by atomic mass is 9.91. The number of carbonyl (C=O) groups excluding carboxylic acids is 1. The Hall–Kier alpha value is -3.29. The van der Waals surface area contributed by atoms with E-state index < -0.39 is 5.60 Å². The van der Waals surface area contributed by atoms with E-state index >= 15 is 0 Å². The van der Waals surface area contributed by atoms with Gasteiger partial charge in [-0.05, 0) is 70.9 Å². The minimum Gasteiger partial charge on any atom is -0.507 e. The van der Waals surface area contributed by atoms with Crippen molar-refractivity contribution in [2.75, 3.05) is 18.8 Å². The maximum absolute atomic E-state index is 12.2. The summed E-state index contributed by atoms with van der Waals surface area (Å²) in [6.45, 7) is 7.18. The van der Waals surface area contributed by atoms with Gasteiger partial charge in [-0.15, -0.1) is 0 Å². The summed E-state index contributed by atoms with van der Waals surface area (Å²) in [5, 5.41) is 10.1. The molecule has 8 heteroatoms. The number of amides is 1. The van der Waals surface area contributed by atoms with Gasteiger partial charge in [-0.25, -0.2) is 9.78 Å². The number of nitrogen functional groups attached to an aromatic ring is 1. The van der Waals surface area contributed by atoms with Gasteiger partial charge in [0.1, 0.15) is 17.2 Å². The molecule has 3 heterocycles. The first-order chi connectivity index (χ1) is 15.7.